The number of aliphatic hydroxyl groups is 2. The van der Waals surface area contributed by atoms with Gasteiger partial charge in [-0.2, -0.15) is 0 Å². The van der Waals surface area contributed by atoms with Gasteiger partial charge >= 0.3 is 0 Å². The van der Waals surface area contributed by atoms with Gasteiger partial charge in [-0.3, -0.25) is 0 Å². The van der Waals surface area contributed by atoms with Crippen LogP contribution in [0.1, 0.15) is 106 Å². The second kappa shape index (κ2) is 8.79. The molecule has 0 aromatic rings. The maximum Gasteiger partial charge on any atom is 0.0757 e. The van der Waals surface area contributed by atoms with Crippen LogP contribution >= 0.6 is 0 Å². The van der Waals surface area contributed by atoms with Crippen LogP contribution in [0, 0.1) is 52.3 Å². The fourth-order valence-electron chi connectivity index (χ4n) is 9.29. The van der Waals surface area contributed by atoms with E-state index >= 15 is 0 Å². The lowest BCUT2D eigenvalue weighted by atomic mass is 9.46. The predicted molar refractivity (Wildman–Crippen MR) is 130 cm³/mol. The Morgan fingerprint density at radius 3 is 2.39 bits per heavy atom. The Labute approximate surface area is 192 Å². The third kappa shape index (κ3) is 3.96. The SMILES string of the molecule is CC[C@H](CC[C@@H](C)[C@H]1CC[C@@H]2[C@@H]3[C@@H](O)C=C4C[C@@H](O)CC[C@]4(C)[C@H]3CC[C@@]21C)C(C)C. The lowest BCUT2D eigenvalue weighted by Crippen LogP contribution is -2.54. The summed E-state index contributed by atoms with van der Waals surface area (Å²) in [5, 5.41) is 21.6. The van der Waals surface area contributed by atoms with Crippen molar-refractivity contribution in [3.63, 3.8) is 0 Å². The Kier molecular flexibility index (Phi) is 6.75. The molecule has 0 aromatic heterocycles. The largest absolute Gasteiger partial charge is 0.393 e. The summed E-state index contributed by atoms with van der Waals surface area (Å²) in [6.07, 6.45) is 13.9. The van der Waals surface area contributed by atoms with Crippen LogP contribution in [0.4, 0.5) is 0 Å². The van der Waals surface area contributed by atoms with Crippen molar-refractivity contribution in [1.29, 1.82) is 0 Å². The lowest BCUT2D eigenvalue weighted by molar-refractivity contribution is -0.0972. The summed E-state index contributed by atoms with van der Waals surface area (Å²) in [5.74, 6) is 4.99. The lowest BCUT2D eigenvalue weighted by Gasteiger charge is -2.59. The molecule has 0 saturated heterocycles. The van der Waals surface area contributed by atoms with E-state index < -0.39 is 0 Å². The zero-order valence-corrected chi connectivity index (χ0v) is 21.2. The third-order valence-corrected chi connectivity index (χ3v) is 11.3. The van der Waals surface area contributed by atoms with Crippen molar-refractivity contribution in [2.75, 3.05) is 0 Å². The van der Waals surface area contributed by atoms with Gasteiger partial charge in [-0.15, -0.1) is 0 Å². The molecule has 0 heterocycles. The highest BCUT2D eigenvalue weighted by Gasteiger charge is 2.61. The normalized spacial score (nSPS) is 46.7. The second-order valence-electron chi connectivity index (χ2n) is 13.0. The summed E-state index contributed by atoms with van der Waals surface area (Å²) in [5.41, 5.74) is 1.97. The average Bonchev–Trinajstić information content (AvgIpc) is 3.06. The van der Waals surface area contributed by atoms with Gasteiger partial charge < -0.3 is 10.2 Å². The van der Waals surface area contributed by atoms with Crippen molar-refractivity contribution in [2.45, 2.75) is 118 Å². The van der Waals surface area contributed by atoms with E-state index in [1.54, 1.807) is 0 Å². The molecule has 31 heavy (non-hydrogen) atoms. The van der Waals surface area contributed by atoms with Crippen molar-refractivity contribution in [1.82, 2.24) is 0 Å². The van der Waals surface area contributed by atoms with Crippen LogP contribution in [0.3, 0.4) is 0 Å². The van der Waals surface area contributed by atoms with Gasteiger partial charge in [0, 0.05) is 0 Å². The van der Waals surface area contributed by atoms with Crippen molar-refractivity contribution in [2.24, 2.45) is 52.3 Å². The number of hydrogen-bond acceptors (Lipinski definition) is 2. The zero-order chi connectivity index (χ0) is 22.6. The van der Waals surface area contributed by atoms with E-state index in [9.17, 15) is 10.2 Å². The molecule has 0 aliphatic heterocycles. The van der Waals surface area contributed by atoms with E-state index in [2.05, 4.69) is 47.6 Å². The molecule has 0 radical (unpaired) electrons. The molecule has 0 spiro atoms. The van der Waals surface area contributed by atoms with Crippen LogP contribution in [0.15, 0.2) is 11.6 Å². The van der Waals surface area contributed by atoms with E-state index in [4.69, 9.17) is 0 Å². The number of fused-ring (bicyclic) bond motifs is 5. The molecule has 3 saturated carbocycles. The molecule has 0 amide bonds. The van der Waals surface area contributed by atoms with Gasteiger partial charge in [0.25, 0.3) is 0 Å². The van der Waals surface area contributed by atoms with Crippen LogP contribution in [-0.2, 0) is 0 Å². The van der Waals surface area contributed by atoms with Gasteiger partial charge in [0.15, 0.2) is 0 Å². The van der Waals surface area contributed by atoms with Crippen molar-refractivity contribution in [3.05, 3.63) is 11.6 Å². The molecule has 0 bridgehead atoms. The third-order valence-electron chi connectivity index (χ3n) is 11.3. The van der Waals surface area contributed by atoms with Crippen LogP contribution in [0.25, 0.3) is 0 Å². The maximum absolute atomic E-state index is 11.3. The Morgan fingerprint density at radius 1 is 0.968 bits per heavy atom. The first-order chi connectivity index (χ1) is 14.6. The van der Waals surface area contributed by atoms with Crippen LogP contribution in [0.5, 0.6) is 0 Å². The Morgan fingerprint density at radius 2 is 1.71 bits per heavy atom. The molecular weight excluding hydrogens is 380 g/mol. The number of aliphatic hydroxyl groups excluding tert-OH is 2. The quantitative estimate of drug-likeness (QED) is 0.446. The van der Waals surface area contributed by atoms with Gasteiger partial charge in [0.1, 0.15) is 0 Å². The first-order valence-electron chi connectivity index (χ1n) is 13.7. The summed E-state index contributed by atoms with van der Waals surface area (Å²) >= 11 is 0. The molecular formula is C29H50O2. The second-order valence-corrected chi connectivity index (χ2v) is 13.0. The minimum Gasteiger partial charge on any atom is -0.393 e. The van der Waals surface area contributed by atoms with Crippen molar-refractivity contribution >= 4 is 0 Å². The van der Waals surface area contributed by atoms with Crippen LogP contribution in [0.2, 0.25) is 0 Å². The van der Waals surface area contributed by atoms with E-state index in [0.29, 0.717) is 23.2 Å². The summed E-state index contributed by atoms with van der Waals surface area (Å²) in [4.78, 5) is 0. The highest BCUT2D eigenvalue weighted by atomic mass is 16.3. The summed E-state index contributed by atoms with van der Waals surface area (Å²) < 4.78 is 0. The van der Waals surface area contributed by atoms with Gasteiger partial charge in [-0.25, -0.2) is 0 Å². The number of hydrogen-bond donors (Lipinski definition) is 2. The molecule has 4 aliphatic carbocycles. The fourth-order valence-corrected chi connectivity index (χ4v) is 9.29. The van der Waals surface area contributed by atoms with E-state index in [-0.39, 0.29) is 17.6 Å². The zero-order valence-electron chi connectivity index (χ0n) is 21.2. The molecule has 4 rings (SSSR count). The molecule has 4 aliphatic rings. The highest BCUT2D eigenvalue weighted by molar-refractivity contribution is 5.27. The topological polar surface area (TPSA) is 40.5 Å². The van der Waals surface area contributed by atoms with Gasteiger partial charge in [-0.05, 0) is 104 Å². The molecule has 0 aromatic carbocycles. The molecule has 3 fully saturated rings. The summed E-state index contributed by atoms with van der Waals surface area (Å²) in [6, 6.07) is 0. The Hall–Kier alpha value is -0.340. The highest BCUT2D eigenvalue weighted by Crippen LogP contribution is 2.67. The minimum absolute atomic E-state index is 0.202. The Bertz CT molecular complexity index is 668. The monoisotopic (exact) mass is 430 g/mol. The maximum atomic E-state index is 11.3. The Balaban J connectivity index is 1.52. The number of rotatable bonds is 6. The van der Waals surface area contributed by atoms with Gasteiger partial charge in [0.05, 0.1) is 12.2 Å². The summed E-state index contributed by atoms with van der Waals surface area (Å²) in [7, 11) is 0. The average molecular weight is 431 g/mol. The molecule has 178 valence electrons. The van der Waals surface area contributed by atoms with Gasteiger partial charge in [-0.1, -0.05) is 66.0 Å². The standard InChI is InChI=1S/C29H50O2/c1-7-20(18(2)3)9-8-19(4)23-10-11-24-27-25(13-15-29(23,24)6)28(5)14-12-22(30)16-21(28)17-26(27)31/h17-20,22-27,30-31H,7-16H2,1-6H3/t19-,20-,22+,23-,24-,25+,26+,27+,28+,29-/m1/s1. The smallest absolute Gasteiger partial charge is 0.0757 e. The van der Waals surface area contributed by atoms with Crippen LogP contribution < -0.4 is 0 Å². The van der Waals surface area contributed by atoms with Gasteiger partial charge in [0.2, 0.25) is 0 Å². The first kappa shape index (κ1) is 23.8. The molecule has 10 atom stereocenters. The van der Waals surface area contributed by atoms with Crippen molar-refractivity contribution in [3.8, 4) is 0 Å². The minimum atomic E-state index is -0.303. The van der Waals surface area contributed by atoms with Crippen molar-refractivity contribution < 1.29 is 10.2 Å². The molecule has 2 heteroatoms. The van der Waals surface area contributed by atoms with E-state index in [1.807, 2.05) is 0 Å². The molecule has 2 N–H and O–H groups in total. The molecule has 2 nitrogen and oxygen atoms in total. The van der Waals surface area contributed by atoms with E-state index in [1.165, 1.54) is 50.5 Å². The predicted octanol–water partition coefficient (Wildman–Crippen LogP) is 7.00. The summed E-state index contributed by atoms with van der Waals surface area (Å²) in [6.45, 7) is 14.7. The first-order valence-corrected chi connectivity index (χ1v) is 13.7. The van der Waals surface area contributed by atoms with E-state index in [0.717, 1.165) is 42.9 Å². The fraction of sp³-hybridized carbons (Fsp3) is 0.931. The van der Waals surface area contributed by atoms with Crippen LogP contribution in [-0.4, -0.2) is 22.4 Å². The molecule has 0 unspecified atom stereocenters.